The summed E-state index contributed by atoms with van der Waals surface area (Å²) in [5.41, 5.74) is 1.83. The smallest absolute Gasteiger partial charge is 0.253 e. The summed E-state index contributed by atoms with van der Waals surface area (Å²) < 4.78 is 0. The first-order valence-electron chi connectivity index (χ1n) is 9.19. The minimum atomic E-state index is -0.209. The average Bonchev–Trinajstić information content (AvgIpc) is 2.52. The first-order chi connectivity index (χ1) is 11.5. The van der Waals surface area contributed by atoms with E-state index >= 15 is 0 Å². The minimum Gasteiger partial charge on any atom is -0.351 e. The Labute approximate surface area is 152 Å². The molecule has 4 nitrogen and oxygen atoms in total. The molecule has 0 aliphatic carbocycles. The molecule has 1 aromatic rings. The number of rotatable bonds is 2. The lowest BCUT2D eigenvalue weighted by molar-refractivity contribution is -0.127. The van der Waals surface area contributed by atoms with E-state index in [4.69, 9.17) is 0 Å². The van der Waals surface area contributed by atoms with E-state index in [2.05, 4.69) is 26.1 Å². The van der Waals surface area contributed by atoms with Crippen LogP contribution in [0.2, 0.25) is 0 Å². The Morgan fingerprint density at radius 1 is 0.960 bits per heavy atom. The van der Waals surface area contributed by atoms with Crippen LogP contribution >= 0.6 is 0 Å². The van der Waals surface area contributed by atoms with Crippen molar-refractivity contribution in [3.05, 3.63) is 35.4 Å². The van der Waals surface area contributed by atoms with Crippen molar-refractivity contribution in [2.45, 2.75) is 65.3 Å². The molecule has 1 aliphatic heterocycles. The summed E-state index contributed by atoms with van der Waals surface area (Å²) in [5, 5.41) is 3.04. The van der Waals surface area contributed by atoms with E-state index in [-0.39, 0.29) is 28.7 Å². The van der Waals surface area contributed by atoms with Crippen LogP contribution in [-0.4, -0.2) is 35.3 Å². The highest BCUT2D eigenvalue weighted by Crippen LogP contribution is 2.24. The molecule has 2 rings (SSSR count). The number of hydrogen-bond donors (Lipinski definition) is 1. The van der Waals surface area contributed by atoms with Gasteiger partial charge in [0.1, 0.15) is 0 Å². The lowest BCUT2D eigenvalue weighted by Crippen LogP contribution is -2.47. The normalized spacial score (nSPS) is 16.6. The first kappa shape index (κ1) is 19.5. The standard InChI is InChI=1S/C21H32N2O2/c1-20(2,3)17-9-7-16(8-10-17)19(25)23-13-11-15(12-14-23)18(24)22-21(4,5)6/h7-10,15H,11-14H2,1-6H3,(H,22,24). The molecule has 2 amide bonds. The Hall–Kier alpha value is -1.84. The van der Waals surface area contributed by atoms with Gasteiger partial charge in [0.25, 0.3) is 5.91 Å². The summed E-state index contributed by atoms with van der Waals surface area (Å²) >= 11 is 0. The number of nitrogens with one attached hydrogen (secondary N) is 1. The number of amides is 2. The summed E-state index contributed by atoms with van der Waals surface area (Å²) in [5.74, 6) is 0.177. The van der Waals surface area contributed by atoms with Gasteiger partial charge in [-0.25, -0.2) is 0 Å². The van der Waals surface area contributed by atoms with Gasteiger partial charge in [-0.05, 0) is 56.7 Å². The Bertz CT molecular complexity index is 613. The van der Waals surface area contributed by atoms with Gasteiger partial charge in [0.2, 0.25) is 5.91 Å². The number of hydrogen-bond acceptors (Lipinski definition) is 2. The number of piperidine rings is 1. The summed E-state index contributed by atoms with van der Waals surface area (Å²) in [6.07, 6.45) is 1.46. The lowest BCUT2D eigenvalue weighted by Gasteiger charge is -2.33. The molecule has 0 radical (unpaired) electrons. The number of likely N-dealkylation sites (tertiary alicyclic amines) is 1. The molecule has 0 saturated carbocycles. The minimum absolute atomic E-state index is 0.00606. The van der Waals surface area contributed by atoms with Crippen LogP contribution in [0.15, 0.2) is 24.3 Å². The van der Waals surface area contributed by atoms with Crippen LogP contribution in [-0.2, 0) is 10.2 Å². The van der Waals surface area contributed by atoms with Crippen LogP contribution in [0.25, 0.3) is 0 Å². The maximum atomic E-state index is 12.7. The number of carbonyl (C=O) groups excluding carboxylic acids is 2. The van der Waals surface area contributed by atoms with Crippen LogP contribution < -0.4 is 5.32 Å². The van der Waals surface area contributed by atoms with Crippen molar-refractivity contribution < 1.29 is 9.59 Å². The largest absolute Gasteiger partial charge is 0.351 e. The SMILES string of the molecule is CC(C)(C)NC(=O)C1CCN(C(=O)c2ccc(C(C)(C)C)cc2)CC1. The van der Waals surface area contributed by atoms with Crippen LogP contribution in [0.4, 0.5) is 0 Å². The molecule has 0 unspecified atom stereocenters. The fourth-order valence-corrected chi connectivity index (χ4v) is 3.11. The molecular formula is C21H32N2O2. The Kier molecular flexibility index (Phi) is 5.60. The van der Waals surface area contributed by atoms with Gasteiger partial charge in [-0.15, -0.1) is 0 Å². The molecule has 0 aromatic heterocycles. The second-order valence-electron chi connectivity index (χ2n) is 9.13. The van der Waals surface area contributed by atoms with Gasteiger partial charge in [0, 0.05) is 30.1 Å². The van der Waals surface area contributed by atoms with Crippen molar-refractivity contribution in [1.82, 2.24) is 10.2 Å². The fraction of sp³-hybridized carbons (Fsp3) is 0.619. The van der Waals surface area contributed by atoms with Crippen LogP contribution in [0, 0.1) is 5.92 Å². The topological polar surface area (TPSA) is 49.4 Å². The van der Waals surface area contributed by atoms with E-state index in [0.717, 1.165) is 18.4 Å². The molecule has 4 heteroatoms. The van der Waals surface area contributed by atoms with Crippen molar-refractivity contribution in [1.29, 1.82) is 0 Å². The monoisotopic (exact) mass is 344 g/mol. The van der Waals surface area contributed by atoms with Gasteiger partial charge >= 0.3 is 0 Å². The number of nitrogens with zero attached hydrogens (tertiary/aromatic N) is 1. The average molecular weight is 344 g/mol. The second-order valence-corrected chi connectivity index (χ2v) is 9.13. The van der Waals surface area contributed by atoms with Crippen LogP contribution in [0.3, 0.4) is 0 Å². The number of carbonyl (C=O) groups is 2. The van der Waals surface area contributed by atoms with E-state index < -0.39 is 0 Å². The quantitative estimate of drug-likeness (QED) is 0.888. The zero-order valence-electron chi connectivity index (χ0n) is 16.5. The fourth-order valence-electron chi connectivity index (χ4n) is 3.11. The molecule has 1 saturated heterocycles. The molecular weight excluding hydrogens is 312 g/mol. The lowest BCUT2D eigenvalue weighted by atomic mass is 9.86. The highest BCUT2D eigenvalue weighted by molar-refractivity contribution is 5.94. The van der Waals surface area contributed by atoms with Crippen molar-refractivity contribution in [3.8, 4) is 0 Å². The summed E-state index contributed by atoms with van der Waals surface area (Å²) in [7, 11) is 0. The predicted molar refractivity (Wildman–Crippen MR) is 102 cm³/mol. The Morgan fingerprint density at radius 2 is 1.48 bits per heavy atom. The van der Waals surface area contributed by atoms with E-state index in [1.165, 1.54) is 5.56 Å². The molecule has 1 aliphatic rings. The zero-order chi connectivity index (χ0) is 18.8. The summed E-state index contributed by atoms with van der Waals surface area (Å²) in [4.78, 5) is 26.8. The third kappa shape index (κ3) is 5.32. The highest BCUT2D eigenvalue weighted by Gasteiger charge is 2.29. The molecule has 25 heavy (non-hydrogen) atoms. The van der Waals surface area contributed by atoms with Gasteiger partial charge in [-0.3, -0.25) is 9.59 Å². The third-order valence-corrected chi connectivity index (χ3v) is 4.65. The predicted octanol–water partition coefficient (Wildman–Crippen LogP) is 3.75. The van der Waals surface area contributed by atoms with E-state index in [9.17, 15) is 9.59 Å². The Balaban J connectivity index is 1.94. The molecule has 138 valence electrons. The molecule has 0 bridgehead atoms. The third-order valence-electron chi connectivity index (χ3n) is 4.65. The van der Waals surface area contributed by atoms with Crippen molar-refractivity contribution >= 4 is 11.8 Å². The Morgan fingerprint density at radius 3 is 1.92 bits per heavy atom. The van der Waals surface area contributed by atoms with Gasteiger partial charge in [-0.1, -0.05) is 32.9 Å². The molecule has 0 spiro atoms. The molecule has 0 atom stereocenters. The van der Waals surface area contributed by atoms with Gasteiger partial charge < -0.3 is 10.2 Å². The summed E-state index contributed by atoms with van der Waals surface area (Å²) in [6.45, 7) is 13.7. The van der Waals surface area contributed by atoms with Gasteiger partial charge in [-0.2, -0.15) is 0 Å². The first-order valence-corrected chi connectivity index (χ1v) is 9.19. The van der Waals surface area contributed by atoms with E-state index in [1.807, 2.05) is 49.9 Å². The summed E-state index contributed by atoms with van der Waals surface area (Å²) in [6, 6.07) is 7.91. The number of benzene rings is 1. The van der Waals surface area contributed by atoms with Crippen molar-refractivity contribution in [3.63, 3.8) is 0 Å². The van der Waals surface area contributed by atoms with E-state index in [0.29, 0.717) is 13.1 Å². The molecule has 1 N–H and O–H groups in total. The highest BCUT2D eigenvalue weighted by atomic mass is 16.2. The van der Waals surface area contributed by atoms with Crippen LogP contribution in [0.5, 0.6) is 0 Å². The molecule has 1 heterocycles. The molecule has 1 aromatic carbocycles. The van der Waals surface area contributed by atoms with Crippen molar-refractivity contribution in [2.24, 2.45) is 5.92 Å². The second kappa shape index (κ2) is 7.19. The van der Waals surface area contributed by atoms with Crippen molar-refractivity contribution in [2.75, 3.05) is 13.1 Å². The molecule has 1 fully saturated rings. The van der Waals surface area contributed by atoms with E-state index in [1.54, 1.807) is 0 Å². The maximum absolute atomic E-state index is 12.7. The van der Waals surface area contributed by atoms with Gasteiger partial charge in [0.05, 0.1) is 0 Å². The maximum Gasteiger partial charge on any atom is 0.253 e. The zero-order valence-corrected chi connectivity index (χ0v) is 16.5. The van der Waals surface area contributed by atoms with Crippen LogP contribution in [0.1, 0.15) is 70.3 Å². The van der Waals surface area contributed by atoms with Gasteiger partial charge in [0.15, 0.2) is 0 Å².